The molecule has 0 unspecified atom stereocenters. The van der Waals surface area contributed by atoms with Gasteiger partial charge in [0.25, 0.3) is 5.91 Å². The minimum atomic E-state index is -3.00. The lowest BCUT2D eigenvalue weighted by Gasteiger charge is -2.32. The SMILES string of the molecule is CCN(C(=O)CN)N1CN(C(=Nc2cccc(OC(F)F)c2)NC#N)N=C1c1ccc(Cl)c(Cl)c1. The van der Waals surface area contributed by atoms with E-state index in [9.17, 15) is 18.8 Å². The summed E-state index contributed by atoms with van der Waals surface area (Å²) in [6.45, 7) is -1.24. The Hall–Kier alpha value is -3.66. The first-order chi connectivity index (χ1) is 16.8. The molecule has 0 saturated heterocycles. The number of carbonyl (C=O) groups excluding carboxylic acids is 1. The van der Waals surface area contributed by atoms with Gasteiger partial charge in [0.2, 0.25) is 5.96 Å². The number of hydrogen-bond donors (Lipinski definition) is 2. The molecule has 2 aromatic rings. The highest BCUT2D eigenvalue weighted by atomic mass is 35.5. The summed E-state index contributed by atoms with van der Waals surface area (Å²) in [5.41, 5.74) is 6.34. The normalized spacial score (nSPS) is 13.5. The van der Waals surface area contributed by atoms with Crippen molar-refractivity contribution in [3.8, 4) is 11.9 Å². The number of nitriles is 1. The number of aliphatic imine (C=N–C) groups is 1. The van der Waals surface area contributed by atoms with Crippen molar-refractivity contribution >= 4 is 46.6 Å². The minimum Gasteiger partial charge on any atom is -0.435 e. The number of guanidine groups is 1. The number of rotatable bonds is 7. The number of benzene rings is 2. The van der Waals surface area contributed by atoms with E-state index in [1.165, 1.54) is 34.3 Å². The summed E-state index contributed by atoms with van der Waals surface area (Å²) >= 11 is 12.2. The summed E-state index contributed by atoms with van der Waals surface area (Å²) in [4.78, 5) is 16.8. The maximum absolute atomic E-state index is 12.6. The molecule has 0 spiro atoms. The first-order valence-corrected chi connectivity index (χ1v) is 10.9. The fourth-order valence-corrected chi connectivity index (χ4v) is 3.48. The van der Waals surface area contributed by atoms with Crippen LogP contribution in [0.2, 0.25) is 10.0 Å². The van der Waals surface area contributed by atoms with Gasteiger partial charge in [0, 0.05) is 18.2 Å². The second-order valence-corrected chi connectivity index (χ2v) is 7.67. The summed E-state index contributed by atoms with van der Waals surface area (Å²) in [5, 5.41) is 21.1. The molecule has 1 aliphatic rings. The van der Waals surface area contributed by atoms with Crippen molar-refractivity contribution in [1.82, 2.24) is 20.3 Å². The van der Waals surface area contributed by atoms with Gasteiger partial charge >= 0.3 is 6.61 Å². The third-order valence-corrected chi connectivity index (χ3v) is 5.39. The second kappa shape index (κ2) is 11.7. The summed E-state index contributed by atoms with van der Waals surface area (Å²) in [6, 6.07) is 10.5. The van der Waals surface area contributed by atoms with Crippen LogP contribution in [0.15, 0.2) is 52.6 Å². The van der Waals surface area contributed by atoms with Crippen LogP contribution in [0.25, 0.3) is 0 Å². The van der Waals surface area contributed by atoms with E-state index in [2.05, 4.69) is 20.1 Å². The fraction of sp³-hybridized carbons (Fsp3) is 0.238. The number of amidine groups is 1. The number of hydrazine groups is 1. The molecule has 2 aromatic carbocycles. The maximum Gasteiger partial charge on any atom is 0.387 e. The highest BCUT2D eigenvalue weighted by molar-refractivity contribution is 6.42. The zero-order chi connectivity index (χ0) is 25.5. The number of hydrogen-bond acceptors (Lipinski definition) is 7. The molecule has 0 atom stereocenters. The number of nitrogens with two attached hydrogens (primary N) is 1. The first-order valence-electron chi connectivity index (χ1n) is 10.2. The number of alkyl halides is 2. The van der Waals surface area contributed by atoms with Crippen LogP contribution in [-0.2, 0) is 4.79 Å². The van der Waals surface area contributed by atoms with Gasteiger partial charge in [-0.2, -0.15) is 14.0 Å². The maximum atomic E-state index is 12.6. The lowest BCUT2D eigenvalue weighted by atomic mass is 10.2. The standard InChI is InChI=1S/C21H20Cl2F2N8O2/c1-2-32(18(34)10-26)33-12-31(30-19(33)13-6-7-16(22)17(23)8-13)21(28-11-27)29-14-4-3-5-15(9-14)35-20(24)25/h3-9,20H,2,10,12,26H2,1H3,(H,28,29). The molecule has 3 N–H and O–H groups in total. The number of halogens is 4. The number of ether oxygens (including phenoxy) is 1. The van der Waals surface area contributed by atoms with Crippen LogP contribution in [0.3, 0.4) is 0 Å². The third-order valence-electron chi connectivity index (χ3n) is 4.65. The topological polar surface area (TPSA) is 123 Å². The molecule has 184 valence electrons. The van der Waals surface area contributed by atoms with Crippen LogP contribution < -0.4 is 15.8 Å². The first kappa shape index (κ1) is 26.0. The average molecular weight is 525 g/mol. The smallest absolute Gasteiger partial charge is 0.387 e. The minimum absolute atomic E-state index is 0.0296. The summed E-state index contributed by atoms with van der Waals surface area (Å²) in [7, 11) is 0. The average Bonchev–Trinajstić information content (AvgIpc) is 3.25. The monoisotopic (exact) mass is 524 g/mol. The molecule has 0 bridgehead atoms. The van der Waals surface area contributed by atoms with Crippen molar-refractivity contribution in [2.75, 3.05) is 19.8 Å². The van der Waals surface area contributed by atoms with Gasteiger partial charge < -0.3 is 10.5 Å². The van der Waals surface area contributed by atoms with Crippen molar-refractivity contribution in [3.05, 3.63) is 58.1 Å². The van der Waals surface area contributed by atoms with E-state index in [0.717, 1.165) is 0 Å². The molecule has 0 radical (unpaired) electrons. The van der Waals surface area contributed by atoms with Gasteiger partial charge in [0.05, 0.1) is 22.3 Å². The lowest BCUT2D eigenvalue weighted by Crippen LogP contribution is -2.52. The van der Waals surface area contributed by atoms with Crippen molar-refractivity contribution < 1.29 is 18.3 Å². The van der Waals surface area contributed by atoms with Gasteiger partial charge in [-0.25, -0.2) is 20.0 Å². The predicted molar refractivity (Wildman–Crippen MR) is 127 cm³/mol. The van der Waals surface area contributed by atoms with Crippen molar-refractivity contribution in [2.45, 2.75) is 13.5 Å². The van der Waals surface area contributed by atoms with E-state index in [1.54, 1.807) is 36.3 Å². The van der Waals surface area contributed by atoms with Crippen LogP contribution >= 0.6 is 23.2 Å². The molecule has 1 amide bonds. The largest absolute Gasteiger partial charge is 0.435 e. The van der Waals surface area contributed by atoms with Gasteiger partial charge in [-0.05, 0) is 37.3 Å². The number of amides is 1. The van der Waals surface area contributed by atoms with E-state index in [1.807, 2.05) is 0 Å². The lowest BCUT2D eigenvalue weighted by molar-refractivity contribution is -0.141. The molecular formula is C21H20Cl2F2N8O2. The summed E-state index contributed by atoms with van der Waals surface area (Å²) < 4.78 is 29.6. The molecule has 0 fully saturated rings. The Bertz CT molecular complexity index is 1190. The highest BCUT2D eigenvalue weighted by Crippen LogP contribution is 2.27. The molecular weight excluding hydrogens is 505 g/mol. The van der Waals surface area contributed by atoms with Crippen molar-refractivity contribution in [3.63, 3.8) is 0 Å². The van der Waals surface area contributed by atoms with E-state index in [0.29, 0.717) is 16.4 Å². The number of likely N-dealkylation sites (N-methyl/N-ethyl adjacent to an activating group) is 1. The molecule has 35 heavy (non-hydrogen) atoms. The van der Waals surface area contributed by atoms with Crippen LogP contribution in [0.5, 0.6) is 5.75 Å². The molecule has 0 aromatic heterocycles. The van der Waals surface area contributed by atoms with Gasteiger partial charge in [0.15, 0.2) is 12.0 Å². The molecule has 3 rings (SSSR count). The zero-order valence-corrected chi connectivity index (χ0v) is 19.8. The molecule has 1 heterocycles. The van der Waals surface area contributed by atoms with E-state index in [4.69, 9.17) is 28.9 Å². The Labute approximate surface area is 209 Å². The van der Waals surface area contributed by atoms with E-state index in [-0.39, 0.29) is 48.1 Å². The number of nitrogens with one attached hydrogen (secondary N) is 1. The van der Waals surface area contributed by atoms with Crippen LogP contribution in [0.4, 0.5) is 14.5 Å². The Morgan fingerprint density at radius 1 is 1.34 bits per heavy atom. The molecule has 0 aliphatic carbocycles. The van der Waals surface area contributed by atoms with Gasteiger partial charge in [0.1, 0.15) is 12.4 Å². The van der Waals surface area contributed by atoms with E-state index < -0.39 is 6.61 Å². The Morgan fingerprint density at radius 3 is 2.74 bits per heavy atom. The number of carbonyl (C=O) groups is 1. The van der Waals surface area contributed by atoms with Gasteiger partial charge in [-0.1, -0.05) is 29.3 Å². The van der Waals surface area contributed by atoms with Crippen LogP contribution in [0.1, 0.15) is 12.5 Å². The van der Waals surface area contributed by atoms with Crippen LogP contribution in [-0.4, -0.2) is 59.1 Å². The predicted octanol–water partition coefficient (Wildman–Crippen LogP) is 3.31. The third kappa shape index (κ3) is 6.27. The van der Waals surface area contributed by atoms with Gasteiger partial charge in [-0.15, -0.1) is 5.10 Å². The van der Waals surface area contributed by atoms with Crippen LogP contribution in [0, 0.1) is 11.5 Å². The second-order valence-electron chi connectivity index (χ2n) is 6.85. The summed E-state index contributed by atoms with van der Waals surface area (Å²) in [6.07, 6.45) is 1.77. The number of nitrogens with zero attached hydrogens (tertiary/aromatic N) is 6. The highest BCUT2D eigenvalue weighted by Gasteiger charge is 2.33. The Morgan fingerprint density at radius 2 is 2.11 bits per heavy atom. The Kier molecular flexibility index (Phi) is 8.64. The van der Waals surface area contributed by atoms with Gasteiger partial charge in [-0.3, -0.25) is 10.1 Å². The fourth-order valence-electron chi connectivity index (χ4n) is 3.18. The van der Waals surface area contributed by atoms with E-state index >= 15 is 0 Å². The Balaban J connectivity index is 2.04. The molecule has 10 nitrogen and oxygen atoms in total. The van der Waals surface area contributed by atoms with Crippen molar-refractivity contribution in [2.24, 2.45) is 15.8 Å². The zero-order valence-electron chi connectivity index (χ0n) is 18.3. The molecule has 1 aliphatic heterocycles. The quantitative estimate of drug-likeness (QED) is 0.246. The molecule has 0 saturated carbocycles. The van der Waals surface area contributed by atoms with Crippen molar-refractivity contribution in [1.29, 1.82) is 5.26 Å². The number of hydrazone groups is 1. The molecule has 14 heteroatoms. The summed E-state index contributed by atoms with van der Waals surface area (Å²) in [5.74, 6) is -0.190.